The minimum absolute atomic E-state index is 0.126. The molecule has 12 heteroatoms. The van der Waals surface area contributed by atoms with Crippen LogP contribution in [-0.4, -0.2) is 58.9 Å². The summed E-state index contributed by atoms with van der Waals surface area (Å²) in [6.07, 6.45) is 3.53. The molecule has 1 aromatic rings. The molecule has 1 aromatic carbocycles. The van der Waals surface area contributed by atoms with Gasteiger partial charge in [0.2, 0.25) is 0 Å². The summed E-state index contributed by atoms with van der Waals surface area (Å²) in [7, 11) is -10.5. The Hall–Kier alpha value is -1.92. The average Bonchev–Trinajstić information content (AvgIpc) is 3.23. The van der Waals surface area contributed by atoms with Crippen molar-refractivity contribution in [1.29, 1.82) is 0 Å². The molecule has 1 amide bonds. The second-order valence-electron chi connectivity index (χ2n) is 9.72. The Kier molecular flexibility index (Phi) is 11.0. The molecule has 1 aliphatic heterocycles. The second kappa shape index (κ2) is 13.0. The minimum Gasteiger partial charge on any atom is -0.465 e. The van der Waals surface area contributed by atoms with Crippen molar-refractivity contribution in [2.24, 2.45) is 0 Å². The maximum atomic E-state index is 14.6. The maximum absolute atomic E-state index is 14.6. The molecule has 0 N–H and O–H groups in total. The van der Waals surface area contributed by atoms with Crippen molar-refractivity contribution < 1.29 is 38.6 Å². The van der Waals surface area contributed by atoms with Crippen molar-refractivity contribution in [3.63, 3.8) is 0 Å². The summed E-state index contributed by atoms with van der Waals surface area (Å²) >= 11 is 0. The quantitative estimate of drug-likeness (QED) is 0.117. The summed E-state index contributed by atoms with van der Waals surface area (Å²) in [6, 6.07) is 5.50. The first-order chi connectivity index (χ1) is 17.7. The van der Waals surface area contributed by atoms with Crippen molar-refractivity contribution in [2.45, 2.75) is 96.1 Å². The number of amides is 1. The zero-order valence-electron chi connectivity index (χ0n) is 22.4. The summed E-state index contributed by atoms with van der Waals surface area (Å²) in [5.41, 5.74) is 0.423. The molecule has 0 radical (unpaired) electrons. The molecule has 0 aromatic heterocycles. The van der Waals surface area contributed by atoms with Gasteiger partial charge in [0.05, 0.1) is 13.2 Å². The highest BCUT2D eigenvalue weighted by atomic mass is 32.5. The molecule has 0 aliphatic carbocycles. The molecule has 2 rings (SSSR count). The number of benzene rings is 1. The van der Waals surface area contributed by atoms with Crippen LogP contribution in [0.4, 0.5) is 19.4 Å². The van der Waals surface area contributed by atoms with E-state index in [4.69, 9.17) is 9.57 Å². The molecule has 1 saturated heterocycles. The topological polar surface area (TPSA) is 59.1 Å². The molecule has 1 aliphatic rings. The van der Waals surface area contributed by atoms with Crippen LogP contribution in [0.15, 0.2) is 30.3 Å². The third-order valence-electron chi connectivity index (χ3n) is 6.51. The van der Waals surface area contributed by atoms with Crippen LogP contribution in [0.3, 0.4) is 0 Å². The molecular weight excluding hydrogens is 531 g/mol. The Morgan fingerprint density at radius 3 is 1.92 bits per heavy atom. The number of hydroxylamine groups is 2. The number of nitrogens with zero attached hydrogens (tertiary/aromatic N) is 2. The number of hydrogen-bond donors (Lipinski definition) is 0. The summed E-state index contributed by atoms with van der Waals surface area (Å²) in [4.78, 5) is 32.9. The fourth-order valence-electron chi connectivity index (χ4n) is 4.61. The molecule has 220 valence electrons. The highest BCUT2D eigenvalue weighted by Gasteiger charge is 2.80. The average molecular weight is 573 g/mol. The Morgan fingerprint density at radius 2 is 1.45 bits per heavy atom. The van der Waals surface area contributed by atoms with E-state index >= 15 is 0 Å². The lowest BCUT2D eigenvalue weighted by atomic mass is 10.1. The fourth-order valence-corrected chi connectivity index (χ4v) is 5.98. The van der Waals surface area contributed by atoms with Gasteiger partial charge in [-0.3, -0.25) is 14.4 Å². The van der Waals surface area contributed by atoms with Crippen molar-refractivity contribution >= 4 is 22.1 Å². The van der Waals surface area contributed by atoms with E-state index in [1.54, 1.807) is 30.3 Å². The zero-order chi connectivity index (χ0) is 28.5. The molecule has 1 heterocycles. The van der Waals surface area contributed by atoms with E-state index in [9.17, 15) is 29.0 Å². The Bertz CT molecular complexity index is 893. The Morgan fingerprint density at radius 1 is 0.895 bits per heavy atom. The third-order valence-corrected chi connectivity index (χ3v) is 8.04. The molecular formula is C26H41F5N2O4S. The van der Waals surface area contributed by atoms with Gasteiger partial charge in [0.25, 0.3) is 16.1 Å². The number of ether oxygens (including phenoxy) is 1. The van der Waals surface area contributed by atoms with Crippen molar-refractivity contribution in [1.82, 2.24) is 9.96 Å². The number of unbranched alkanes of at least 4 members (excludes halogenated alkanes) is 6. The Labute approximate surface area is 222 Å². The molecule has 3 atom stereocenters. The second-order valence-corrected chi connectivity index (χ2v) is 12.3. The highest BCUT2D eigenvalue weighted by Crippen LogP contribution is 3.01. The van der Waals surface area contributed by atoms with Gasteiger partial charge in [0.1, 0.15) is 0 Å². The van der Waals surface area contributed by atoms with Crippen molar-refractivity contribution in [2.75, 3.05) is 19.7 Å². The predicted molar refractivity (Wildman–Crippen MR) is 139 cm³/mol. The standard InChI is InChI=1S/C26H41F5N2O4S/c1-4-7-9-14-18-32(19-15-10-8-5-2)25(34)23-24(38(27,28,29,30)31)22(26(35)36-6-3)33(37-23)20-21-16-12-11-13-17-21/h11-13,16-17,22-24H,4-10,14-15,18-20H2,1-3H3/t22-,23-,24-/m0/s1. The first kappa shape index (κ1) is 32.3. The number of carbonyl (C=O) groups is 2. The van der Waals surface area contributed by atoms with Crippen LogP contribution in [0.5, 0.6) is 0 Å². The van der Waals surface area contributed by atoms with Gasteiger partial charge in [-0.15, -0.1) is 0 Å². The van der Waals surface area contributed by atoms with Crippen LogP contribution in [0.1, 0.15) is 77.7 Å². The van der Waals surface area contributed by atoms with Crippen molar-refractivity contribution in [3.05, 3.63) is 35.9 Å². The lowest BCUT2D eigenvalue weighted by Crippen LogP contribution is -2.52. The Balaban J connectivity index is 2.47. The summed E-state index contributed by atoms with van der Waals surface area (Å²) in [5.74, 6) is -2.68. The van der Waals surface area contributed by atoms with Crippen LogP contribution >= 0.6 is 10.2 Å². The van der Waals surface area contributed by atoms with Gasteiger partial charge in [-0.05, 0) is 25.3 Å². The monoisotopic (exact) mass is 572 g/mol. The molecule has 0 saturated carbocycles. The predicted octanol–water partition coefficient (Wildman–Crippen LogP) is 7.39. The summed E-state index contributed by atoms with van der Waals surface area (Å²) in [5, 5.41) is -3.09. The lowest BCUT2D eigenvalue weighted by molar-refractivity contribution is -0.193. The highest BCUT2D eigenvalue weighted by molar-refractivity contribution is 8.46. The van der Waals surface area contributed by atoms with E-state index in [1.165, 1.54) is 11.8 Å². The number of halogens is 5. The van der Waals surface area contributed by atoms with Gasteiger partial charge >= 0.3 is 5.97 Å². The summed E-state index contributed by atoms with van der Waals surface area (Å²) < 4.78 is 77.7. The molecule has 6 nitrogen and oxygen atoms in total. The number of carbonyl (C=O) groups excluding carboxylic acids is 2. The maximum Gasteiger partial charge on any atom is 0.327 e. The van der Waals surface area contributed by atoms with Gasteiger partial charge in [-0.25, -0.2) is 0 Å². The van der Waals surface area contributed by atoms with Crippen molar-refractivity contribution in [3.8, 4) is 0 Å². The largest absolute Gasteiger partial charge is 0.465 e. The van der Waals surface area contributed by atoms with E-state index < -0.39 is 46.0 Å². The smallest absolute Gasteiger partial charge is 0.327 e. The van der Waals surface area contributed by atoms with Crippen LogP contribution < -0.4 is 0 Å². The van der Waals surface area contributed by atoms with Crippen LogP contribution in [0.25, 0.3) is 0 Å². The first-order valence-corrected chi connectivity index (χ1v) is 15.4. The fraction of sp³-hybridized carbons (Fsp3) is 0.692. The van der Waals surface area contributed by atoms with E-state index in [0.29, 0.717) is 23.5 Å². The van der Waals surface area contributed by atoms with Gasteiger partial charge in [0, 0.05) is 13.1 Å². The normalized spacial score (nSPS) is 22.1. The van der Waals surface area contributed by atoms with Crippen LogP contribution in [0, 0.1) is 0 Å². The summed E-state index contributed by atoms with van der Waals surface area (Å²) in [6.45, 7) is 4.88. The number of hydrogen-bond acceptors (Lipinski definition) is 5. The van der Waals surface area contributed by atoms with Gasteiger partial charge in [0.15, 0.2) is 17.4 Å². The van der Waals surface area contributed by atoms with Crippen LogP contribution in [0.2, 0.25) is 0 Å². The molecule has 0 spiro atoms. The molecule has 38 heavy (non-hydrogen) atoms. The van der Waals surface area contributed by atoms with Gasteiger partial charge < -0.3 is 9.64 Å². The lowest BCUT2D eigenvalue weighted by Gasteiger charge is -2.48. The minimum atomic E-state index is -10.5. The molecule has 1 fully saturated rings. The zero-order valence-corrected chi connectivity index (χ0v) is 23.2. The number of rotatable bonds is 16. The van der Waals surface area contributed by atoms with E-state index in [2.05, 4.69) is 0 Å². The van der Waals surface area contributed by atoms with E-state index in [1.807, 2.05) is 13.8 Å². The van der Waals surface area contributed by atoms with E-state index in [-0.39, 0.29) is 19.7 Å². The SMILES string of the molecule is CCCCCCN(CCCCCC)C(=O)[C@H]1ON(Cc2ccccc2)[C@H](C(=O)OCC)[C@@H]1S(F)(F)(F)(F)F. The first-order valence-electron chi connectivity index (χ1n) is 13.4. The van der Waals surface area contributed by atoms with E-state index in [0.717, 1.165) is 38.5 Å². The number of esters is 1. The van der Waals surface area contributed by atoms with Gasteiger partial charge in [-0.2, -0.15) is 5.06 Å². The molecule has 0 unspecified atom stereocenters. The third kappa shape index (κ3) is 9.37. The van der Waals surface area contributed by atoms with Crippen LogP contribution in [-0.2, 0) is 25.7 Å². The molecule has 0 bridgehead atoms. The van der Waals surface area contributed by atoms with Gasteiger partial charge in [-0.1, -0.05) is 102 Å².